The minimum Gasteiger partial charge on any atom is -0.368 e. The third-order valence-corrected chi connectivity index (χ3v) is 9.41. The van der Waals surface area contributed by atoms with Crippen LogP contribution < -0.4 is 5.73 Å². The number of benzene rings is 1. The number of halogens is 1. The molecule has 0 spiro atoms. The topological polar surface area (TPSA) is 76.3 Å². The van der Waals surface area contributed by atoms with Gasteiger partial charge in [-0.1, -0.05) is 19.1 Å². The Balaban J connectivity index is 1.25. The summed E-state index contributed by atoms with van der Waals surface area (Å²) in [6.07, 6.45) is 12.1. The quantitative estimate of drug-likeness (QED) is 0.692. The van der Waals surface area contributed by atoms with Crippen molar-refractivity contribution in [3.63, 3.8) is 0 Å². The predicted molar refractivity (Wildman–Crippen MR) is 132 cm³/mol. The molecular weight excluding hydrogens is 441 g/mol. The van der Waals surface area contributed by atoms with Gasteiger partial charge in [0, 0.05) is 18.3 Å². The normalized spacial score (nSPS) is 31.4. The molecule has 5 atom stereocenters. The minimum atomic E-state index is -0.490. The fourth-order valence-electron chi connectivity index (χ4n) is 7.76. The summed E-state index contributed by atoms with van der Waals surface area (Å²) in [4.78, 5) is 30.7. The van der Waals surface area contributed by atoms with Gasteiger partial charge in [0.15, 0.2) is 0 Å². The number of aromatic nitrogens is 1. The van der Waals surface area contributed by atoms with E-state index in [1.54, 1.807) is 17.2 Å². The van der Waals surface area contributed by atoms with Gasteiger partial charge >= 0.3 is 0 Å². The highest BCUT2D eigenvalue weighted by Crippen LogP contribution is 2.63. The second-order valence-corrected chi connectivity index (χ2v) is 11.1. The summed E-state index contributed by atoms with van der Waals surface area (Å²) in [5.41, 5.74) is 11.1. The number of carbonyl (C=O) groups excluding carboxylic acids is 2. The van der Waals surface area contributed by atoms with Crippen molar-refractivity contribution in [3.05, 3.63) is 70.8 Å². The van der Waals surface area contributed by atoms with E-state index < -0.39 is 11.9 Å². The summed E-state index contributed by atoms with van der Waals surface area (Å²) in [6.45, 7) is 2.95. The first-order valence-electron chi connectivity index (χ1n) is 12.9. The molecule has 6 heteroatoms. The van der Waals surface area contributed by atoms with E-state index in [2.05, 4.69) is 30.1 Å². The third kappa shape index (κ3) is 3.52. The summed E-state index contributed by atoms with van der Waals surface area (Å²) in [5, 5.41) is 0. The molecule has 4 aliphatic rings. The summed E-state index contributed by atoms with van der Waals surface area (Å²) in [5.74, 6) is 0.828. The minimum absolute atomic E-state index is 0.0452. The maximum absolute atomic E-state index is 13.9. The number of nitrogens with two attached hydrogens (primary N) is 1. The molecule has 2 aromatic rings. The van der Waals surface area contributed by atoms with Crippen LogP contribution in [0.5, 0.6) is 0 Å². The van der Waals surface area contributed by atoms with Gasteiger partial charge in [-0.15, -0.1) is 0 Å². The summed E-state index contributed by atoms with van der Waals surface area (Å²) in [6, 6.07) is 7.31. The lowest BCUT2D eigenvalue weighted by molar-refractivity contribution is -0.121. The molecule has 2 N–H and O–H groups in total. The number of hydrogen-bond acceptors (Lipinski definition) is 3. The molecule has 3 aliphatic carbocycles. The van der Waals surface area contributed by atoms with Gasteiger partial charge in [0.2, 0.25) is 5.91 Å². The van der Waals surface area contributed by atoms with Crippen LogP contribution in [0.25, 0.3) is 5.57 Å². The van der Waals surface area contributed by atoms with E-state index >= 15 is 0 Å². The lowest BCUT2D eigenvalue weighted by Crippen LogP contribution is -2.44. The van der Waals surface area contributed by atoms with E-state index in [0.29, 0.717) is 36.3 Å². The second kappa shape index (κ2) is 8.28. The van der Waals surface area contributed by atoms with E-state index in [1.807, 2.05) is 6.07 Å². The molecule has 1 aromatic carbocycles. The smallest absolute Gasteiger partial charge is 0.254 e. The first-order valence-corrected chi connectivity index (χ1v) is 12.9. The molecule has 182 valence electrons. The number of nitrogens with zero attached hydrogens (tertiary/aromatic N) is 2. The van der Waals surface area contributed by atoms with Crippen molar-refractivity contribution in [2.24, 2.45) is 23.0 Å². The fraction of sp³-hybridized carbons (Fsp3) is 0.483. The second-order valence-electron chi connectivity index (χ2n) is 11.1. The highest BCUT2D eigenvalue weighted by Gasteiger charge is 2.52. The highest BCUT2D eigenvalue weighted by molar-refractivity contribution is 5.98. The Morgan fingerprint density at radius 3 is 2.83 bits per heavy atom. The molecule has 0 radical (unpaired) electrons. The van der Waals surface area contributed by atoms with Crippen LogP contribution in [0.1, 0.15) is 78.4 Å². The van der Waals surface area contributed by atoms with Gasteiger partial charge in [0.1, 0.15) is 11.9 Å². The Kier molecular flexibility index (Phi) is 5.31. The third-order valence-electron chi connectivity index (χ3n) is 9.41. The average Bonchev–Trinajstić information content (AvgIpc) is 3.48. The van der Waals surface area contributed by atoms with E-state index in [4.69, 9.17) is 5.73 Å². The van der Waals surface area contributed by atoms with Crippen molar-refractivity contribution in [1.29, 1.82) is 0 Å². The number of carbonyl (C=O) groups is 2. The van der Waals surface area contributed by atoms with Crippen LogP contribution in [-0.2, 0) is 11.2 Å². The molecule has 2 heterocycles. The highest BCUT2D eigenvalue weighted by atomic mass is 19.1. The molecule has 3 unspecified atom stereocenters. The molecule has 1 saturated heterocycles. The Hall–Kier alpha value is -3.02. The number of allylic oxidation sites excluding steroid dienone is 2. The number of pyridine rings is 1. The van der Waals surface area contributed by atoms with Crippen LogP contribution in [0, 0.1) is 23.1 Å². The zero-order chi connectivity index (χ0) is 24.3. The van der Waals surface area contributed by atoms with Crippen LogP contribution in [0.2, 0.25) is 0 Å². The largest absolute Gasteiger partial charge is 0.368 e. The lowest BCUT2D eigenvalue weighted by atomic mass is 9.54. The van der Waals surface area contributed by atoms with Crippen LogP contribution in [0.15, 0.2) is 42.7 Å². The van der Waals surface area contributed by atoms with Crippen molar-refractivity contribution in [2.75, 3.05) is 6.54 Å². The summed E-state index contributed by atoms with van der Waals surface area (Å²) >= 11 is 0. The van der Waals surface area contributed by atoms with Gasteiger partial charge in [-0.3, -0.25) is 14.6 Å². The van der Waals surface area contributed by atoms with E-state index in [1.165, 1.54) is 22.9 Å². The van der Waals surface area contributed by atoms with Crippen LogP contribution in [0.3, 0.4) is 0 Å². The van der Waals surface area contributed by atoms with Gasteiger partial charge in [0.25, 0.3) is 5.91 Å². The first-order chi connectivity index (χ1) is 16.9. The van der Waals surface area contributed by atoms with Crippen molar-refractivity contribution >= 4 is 17.4 Å². The molecule has 1 aromatic heterocycles. The number of primary amides is 1. The Bertz CT molecular complexity index is 1240. The van der Waals surface area contributed by atoms with Crippen molar-refractivity contribution in [3.8, 4) is 0 Å². The van der Waals surface area contributed by atoms with Crippen molar-refractivity contribution in [2.45, 2.75) is 63.8 Å². The number of fused-ring (bicyclic) bond motifs is 5. The number of aryl methyl sites for hydroxylation is 1. The van der Waals surface area contributed by atoms with Crippen LogP contribution in [0.4, 0.5) is 4.39 Å². The van der Waals surface area contributed by atoms with E-state index in [0.717, 1.165) is 44.1 Å². The van der Waals surface area contributed by atoms with Gasteiger partial charge < -0.3 is 10.6 Å². The Morgan fingerprint density at radius 2 is 2.03 bits per heavy atom. The van der Waals surface area contributed by atoms with Crippen LogP contribution >= 0.6 is 0 Å². The molecule has 2 fully saturated rings. The van der Waals surface area contributed by atoms with Gasteiger partial charge in [0.05, 0.1) is 6.20 Å². The Morgan fingerprint density at radius 1 is 1.17 bits per heavy atom. The predicted octanol–water partition coefficient (Wildman–Crippen LogP) is 4.86. The zero-order valence-corrected chi connectivity index (χ0v) is 20.2. The van der Waals surface area contributed by atoms with E-state index in [9.17, 15) is 14.0 Å². The fourth-order valence-corrected chi connectivity index (χ4v) is 7.76. The monoisotopic (exact) mass is 473 g/mol. The number of rotatable bonds is 3. The molecule has 6 rings (SSSR count). The summed E-state index contributed by atoms with van der Waals surface area (Å²) in [7, 11) is 0. The maximum atomic E-state index is 13.9. The number of hydrogen-bond donors (Lipinski definition) is 1. The average molecular weight is 474 g/mol. The number of amides is 2. The van der Waals surface area contributed by atoms with E-state index in [-0.39, 0.29) is 17.1 Å². The Labute approximate surface area is 205 Å². The van der Waals surface area contributed by atoms with Gasteiger partial charge in [-0.05, 0) is 109 Å². The van der Waals surface area contributed by atoms with Crippen molar-refractivity contribution in [1.82, 2.24) is 9.88 Å². The molecule has 1 saturated carbocycles. The van der Waals surface area contributed by atoms with Gasteiger partial charge in [-0.25, -0.2) is 4.39 Å². The molecule has 35 heavy (non-hydrogen) atoms. The molecule has 0 bridgehead atoms. The van der Waals surface area contributed by atoms with Gasteiger partial charge in [-0.2, -0.15) is 0 Å². The SMILES string of the molecule is C[C@]12CCC3c4ccc(C(=O)N5CCC[C@H]5C(N)=O)cc4CCC3C1CC=C2c1cncc(F)c1. The maximum Gasteiger partial charge on any atom is 0.254 e. The molecule has 1 aliphatic heterocycles. The lowest BCUT2D eigenvalue weighted by Gasteiger charge is -2.50. The number of likely N-dealkylation sites (tertiary alicyclic amines) is 1. The molecular formula is C29H32FN3O2. The molecule has 5 nitrogen and oxygen atoms in total. The first kappa shape index (κ1) is 22.4. The standard InChI is InChI=1S/C29H32FN3O2/c1-29-11-10-22-21-6-5-18(28(35)33-12-2-3-26(33)27(31)34)13-17(21)4-7-23(22)25(29)9-8-24(29)19-14-20(30)16-32-15-19/h5-6,8,13-16,22-23,25-26H,2-4,7,9-12H2,1H3,(H2,31,34)/t22?,23?,25?,26-,29+/m0/s1. The summed E-state index contributed by atoms with van der Waals surface area (Å²) < 4.78 is 13.9. The zero-order valence-electron chi connectivity index (χ0n) is 20.2. The molecule has 2 amide bonds. The van der Waals surface area contributed by atoms with Crippen LogP contribution in [-0.4, -0.2) is 34.3 Å². The van der Waals surface area contributed by atoms with Crippen molar-refractivity contribution < 1.29 is 14.0 Å².